The summed E-state index contributed by atoms with van der Waals surface area (Å²) < 4.78 is 0. The number of carbonyl (C=O) groups excluding carboxylic acids is 1. The van der Waals surface area contributed by atoms with E-state index in [0.29, 0.717) is 22.2 Å². The molecule has 0 spiro atoms. The van der Waals surface area contributed by atoms with Crippen LogP contribution in [0.3, 0.4) is 0 Å². The summed E-state index contributed by atoms with van der Waals surface area (Å²) in [6.07, 6.45) is 2.68. The topological polar surface area (TPSA) is 20.3 Å². The van der Waals surface area contributed by atoms with Gasteiger partial charge in [-0.25, -0.2) is 0 Å². The fourth-order valence-electron chi connectivity index (χ4n) is 4.07. The summed E-state index contributed by atoms with van der Waals surface area (Å²) in [6, 6.07) is 16.4. The van der Waals surface area contributed by atoms with Gasteiger partial charge in [-0.3, -0.25) is 4.79 Å². The maximum atomic E-state index is 12.5. The predicted molar refractivity (Wildman–Crippen MR) is 94.3 cm³/mol. The molecular formula is C19H17Cl2NO. The number of piperidine rings is 2. The number of fused-ring (bicyclic) bond motifs is 3. The fourth-order valence-corrected chi connectivity index (χ4v) is 4.38. The first-order valence-electron chi connectivity index (χ1n) is 7.96. The number of hydrogen-bond acceptors (Lipinski definition) is 2. The van der Waals surface area contributed by atoms with Gasteiger partial charge < -0.3 is 4.90 Å². The van der Waals surface area contributed by atoms with E-state index in [0.717, 1.165) is 18.4 Å². The van der Waals surface area contributed by atoms with Crippen molar-refractivity contribution in [1.82, 2.24) is 0 Å². The summed E-state index contributed by atoms with van der Waals surface area (Å²) in [7, 11) is 0. The molecule has 1 aliphatic carbocycles. The number of hydrogen-bond donors (Lipinski definition) is 0. The third-order valence-electron chi connectivity index (χ3n) is 5.07. The second-order valence-electron chi connectivity index (χ2n) is 6.37. The molecule has 3 atom stereocenters. The first kappa shape index (κ1) is 15.0. The predicted octanol–water partition coefficient (Wildman–Crippen LogP) is 5.29. The van der Waals surface area contributed by atoms with Crippen LogP contribution < -0.4 is 4.90 Å². The Kier molecular flexibility index (Phi) is 3.82. The van der Waals surface area contributed by atoms with Gasteiger partial charge in [0, 0.05) is 24.1 Å². The molecule has 2 aromatic carbocycles. The van der Waals surface area contributed by atoms with E-state index >= 15 is 0 Å². The van der Waals surface area contributed by atoms with Crippen molar-refractivity contribution in [3.63, 3.8) is 0 Å². The summed E-state index contributed by atoms with van der Waals surface area (Å²) in [6.45, 7) is 0. The van der Waals surface area contributed by atoms with Crippen LogP contribution in [0.1, 0.15) is 30.9 Å². The zero-order valence-corrected chi connectivity index (χ0v) is 14.1. The molecule has 0 N–H and O–H groups in total. The van der Waals surface area contributed by atoms with Gasteiger partial charge in [0.2, 0.25) is 0 Å². The standard InChI is InChI=1S/C19H17Cl2NO/c20-16-9-6-12(10-17(16)21)19-15-8-7-14(11-18(15)23)22(19)13-4-2-1-3-5-13/h1-6,9-10,14-15,19H,7-8,11H2/t14-,15+,19-/m0/s1. The van der Waals surface area contributed by atoms with Crippen LogP contribution in [0, 0.1) is 5.92 Å². The van der Waals surface area contributed by atoms with Crippen LogP contribution in [0.2, 0.25) is 10.0 Å². The first-order chi connectivity index (χ1) is 11.1. The van der Waals surface area contributed by atoms with Crippen LogP contribution in [-0.2, 0) is 4.79 Å². The van der Waals surface area contributed by atoms with E-state index in [2.05, 4.69) is 17.0 Å². The molecule has 0 radical (unpaired) electrons. The number of para-hydroxylation sites is 1. The Hall–Kier alpha value is -1.51. The lowest BCUT2D eigenvalue weighted by Crippen LogP contribution is -2.54. The van der Waals surface area contributed by atoms with Gasteiger partial charge in [0.1, 0.15) is 5.78 Å². The van der Waals surface area contributed by atoms with Crippen LogP contribution in [0.4, 0.5) is 5.69 Å². The van der Waals surface area contributed by atoms with Gasteiger partial charge >= 0.3 is 0 Å². The average molecular weight is 346 g/mol. The maximum absolute atomic E-state index is 12.5. The molecule has 2 saturated heterocycles. The van der Waals surface area contributed by atoms with Gasteiger partial charge in [-0.2, -0.15) is 0 Å². The van der Waals surface area contributed by atoms with Crippen LogP contribution >= 0.6 is 23.2 Å². The van der Waals surface area contributed by atoms with Gasteiger partial charge in [0.15, 0.2) is 0 Å². The van der Waals surface area contributed by atoms with E-state index in [4.69, 9.17) is 23.2 Å². The van der Waals surface area contributed by atoms with Gasteiger partial charge in [-0.15, -0.1) is 0 Å². The Balaban J connectivity index is 1.82. The highest BCUT2D eigenvalue weighted by Gasteiger charge is 2.47. The summed E-state index contributed by atoms with van der Waals surface area (Å²) in [5.74, 6) is 0.418. The van der Waals surface area contributed by atoms with Crippen molar-refractivity contribution < 1.29 is 4.79 Å². The number of benzene rings is 2. The SMILES string of the molecule is O=C1C[C@@H]2CC[C@H]1[C@H](c1ccc(Cl)c(Cl)c1)N2c1ccccc1. The molecule has 5 rings (SSSR count). The Labute approximate surface area is 146 Å². The second-order valence-corrected chi connectivity index (χ2v) is 7.18. The maximum Gasteiger partial charge on any atom is 0.140 e. The highest BCUT2D eigenvalue weighted by Crippen LogP contribution is 2.48. The van der Waals surface area contributed by atoms with Crippen molar-refractivity contribution in [3.05, 3.63) is 64.1 Å². The molecule has 2 aromatic rings. The number of halogens is 2. The molecule has 3 fully saturated rings. The Bertz CT molecular complexity index is 746. The normalized spacial score (nSPS) is 26.6. The number of ketones is 1. The van der Waals surface area contributed by atoms with E-state index in [1.165, 1.54) is 5.69 Å². The lowest BCUT2D eigenvalue weighted by Gasteiger charge is -2.52. The number of Topliss-reactive ketones (excluding diaryl/α,β-unsaturated/α-hetero) is 1. The van der Waals surface area contributed by atoms with Crippen molar-refractivity contribution in [1.29, 1.82) is 0 Å². The van der Waals surface area contributed by atoms with Crippen molar-refractivity contribution >= 4 is 34.7 Å². The second kappa shape index (κ2) is 5.85. The smallest absolute Gasteiger partial charge is 0.140 e. The zero-order chi connectivity index (χ0) is 16.0. The largest absolute Gasteiger partial charge is 0.360 e. The Morgan fingerprint density at radius 3 is 2.43 bits per heavy atom. The molecule has 0 amide bonds. The molecule has 4 heteroatoms. The van der Waals surface area contributed by atoms with Crippen LogP contribution in [-0.4, -0.2) is 11.8 Å². The molecule has 0 aromatic heterocycles. The Morgan fingerprint density at radius 2 is 1.74 bits per heavy atom. The monoisotopic (exact) mass is 345 g/mol. The van der Waals surface area contributed by atoms with Crippen molar-refractivity contribution in [3.8, 4) is 0 Å². The molecule has 0 unspecified atom stereocenters. The molecule has 23 heavy (non-hydrogen) atoms. The van der Waals surface area contributed by atoms with Gasteiger partial charge in [-0.05, 0) is 42.7 Å². The molecule has 3 aliphatic rings. The molecule has 2 heterocycles. The molecular weight excluding hydrogens is 329 g/mol. The minimum absolute atomic E-state index is 0.0393. The van der Waals surface area contributed by atoms with E-state index in [-0.39, 0.29) is 18.0 Å². The summed E-state index contributed by atoms with van der Waals surface area (Å²) in [5, 5.41) is 1.10. The first-order valence-corrected chi connectivity index (χ1v) is 8.72. The third-order valence-corrected chi connectivity index (χ3v) is 5.81. The van der Waals surface area contributed by atoms with Crippen LogP contribution in [0.5, 0.6) is 0 Å². The quantitative estimate of drug-likeness (QED) is 0.736. The molecule has 2 aliphatic heterocycles. The lowest BCUT2D eigenvalue weighted by molar-refractivity contribution is -0.128. The van der Waals surface area contributed by atoms with E-state index in [1.807, 2.05) is 36.4 Å². The van der Waals surface area contributed by atoms with Crippen molar-refractivity contribution in [2.24, 2.45) is 5.92 Å². The number of nitrogens with zero attached hydrogens (tertiary/aromatic N) is 1. The molecule has 1 saturated carbocycles. The van der Waals surface area contributed by atoms with E-state index < -0.39 is 0 Å². The molecule has 2 bridgehead atoms. The molecule has 2 nitrogen and oxygen atoms in total. The zero-order valence-electron chi connectivity index (χ0n) is 12.6. The van der Waals surface area contributed by atoms with E-state index in [9.17, 15) is 4.79 Å². The van der Waals surface area contributed by atoms with Crippen LogP contribution in [0.15, 0.2) is 48.5 Å². The number of anilines is 1. The minimum atomic E-state index is 0.0393. The Morgan fingerprint density at radius 1 is 0.957 bits per heavy atom. The lowest BCUT2D eigenvalue weighted by atomic mass is 9.71. The van der Waals surface area contributed by atoms with Crippen LogP contribution in [0.25, 0.3) is 0 Å². The van der Waals surface area contributed by atoms with Crippen molar-refractivity contribution in [2.75, 3.05) is 4.90 Å². The highest BCUT2D eigenvalue weighted by molar-refractivity contribution is 6.42. The number of carbonyl (C=O) groups is 1. The highest BCUT2D eigenvalue weighted by atomic mass is 35.5. The van der Waals surface area contributed by atoms with Crippen molar-refractivity contribution in [2.45, 2.75) is 31.3 Å². The minimum Gasteiger partial charge on any atom is -0.360 e. The summed E-state index contributed by atoms with van der Waals surface area (Å²) in [4.78, 5) is 14.9. The van der Waals surface area contributed by atoms with Gasteiger partial charge in [-0.1, -0.05) is 47.5 Å². The fraction of sp³-hybridized carbons (Fsp3) is 0.316. The summed E-state index contributed by atoms with van der Waals surface area (Å²) >= 11 is 12.3. The molecule has 118 valence electrons. The average Bonchev–Trinajstić information content (AvgIpc) is 2.58. The summed E-state index contributed by atoms with van der Waals surface area (Å²) in [5.41, 5.74) is 2.25. The van der Waals surface area contributed by atoms with Gasteiger partial charge in [0.25, 0.3) is 0 Å². The van der Waals surface area contributed by atoms with Gasteiger partial charge in [0.05, 0.1) is 16.1 Å². The third kappa shape index (κ3) is 2.54. The number of rotatable bonds is 2. The van der Waals surface area contributed by atoms with E-state index in [1.54, 1.807) is 0 Å².